The summed E-state index contributed by atoms with van der Waals surface area (Å²) in [4.78, 5) is 23.4. The second-order valence-electron chi connectivity index (χ2n) is 6.85. The Hall–Kier alpha value is -1.66. The lowest BCUT2D eigenvalue weighted by Crippen LogP contribution is -2.48. The zero-order valence-electron chi connectivity index (χ0n) is 15.5. The fourth-order valence-corrected chi connectivity index (χ4v) is 2.95. The van der Waals surface area contributed by atoms with Gasteiger partial charge in [-0.1, -0.05) is 13.8 Å². The molecule has 0 unspecified atom stereocenters. The van der Waals surface area contributed by atoms with Gasteiger partial charge in [0.2, 0.25) is 0 Å². The Morgan fingerprint density at radius 1 is 1.25 bits per heavy atom. The number of piperazine rings is 1. The smallest absolute Gasteiger partial charge is 0.252 e. The van der Waals surface area contributed by atoms with Gasteiger partial charge in [0.15, 0.2) is 0 Å². The van der Waals surface area contributed by atoms with Crippen LogP contribution < -0.4 is 10.2 Å². The minimum absolute atomic E-state index is 0.0459. The van der Waals surface area contributed by atoms with E-state index in [0.29, 0.717) is 18.0 Å². The Bertz CT molecular complexity index is 509. The van der Waals surface area contributed by atoms with E-state index in [4.69, 9.17) is 0 Å². The lowest BCUT2D eigenvalue weighted by atomic mass is 10.1. The molecule has 0 saturated carbocycles. The van der Waals surface area contributed by atoms with Crippen molar-refractivity contribution in [2.24, 2.45) is 5.92 Å². The molecule has 1 atom stereocenters. The van der Waals surface area contributed by atoms with Gasteiger partial charge >= 0.3 is 0 Å². The zero-order chi connectivity index (χ0) is 17.5. The van der Waals surface area contributed by atoms with Gasteiger partial charge in [-0.15, -0.1) is 0 Å². The largest absolute Gasteiger partial charge is 0.363 e. The summed E-state index contributed by atoms with van der Waals surface area (Å²) in [7, 11) is 3.87. The van der Waals surface area contributed by atoms with Gasteiger partial charge in [0.1, 0.15) is 5.82 Å². The maximum atomic E-state index is 12.2. The van der Waals surface area contributed by atoms with Gasteiger partial charge < -0.3 is 20.0 Å². The number of carbonyl (C=O) groups excluding carboxylic acids is 1. The standard InChI is InChI=1S/C18H31N5O/c1-5-22-8-10-23(11-9-22)14-15(2)12-20-18(24)16-6-7-17(19-13-16)21(3)4/h6-7,13,15H,5,8-12,14H2,1-4H3,(H,20,24)/t15-/m1/s1. The molecule has 1 saturated heterocycles. The highest BCUT2D eigenvalue weighted by atomic mass is 16.1. The molecule has 1 aromatic rings. The van der Waals surface area contributed by atoms with Crippen LogP contribution in [0.5, 0.6) is 0 Å². The SMILES string of the molecule is CCN1CCN(C[C@H](C)CNC(=O)c2ccc(N(C)C)nc2)CC1. The summed E-state index contributed by atoms with van der Waals surface area (Å²) in [6.45, 7) is 11.8. The van der Waals surface area contributed by atoms with Crippen LogP contribution in [0.1, 0.15) is 24.2 Å². The fourth-order valence-electron chi connectivity index (χ4n) is 2.95. The summed E-state index contributed by atoms with van der Waals surface area (Å²) in [6.07, 6.45) is 1.64. The van der Waals surface area contributed by atoms with E-state index in [2.05, 4.69) is 33.9 Å². The highest BCUT2D eigenvalue weighted by molar-refractivity contribution is 5.94. The molecule has 134 valence electrons. The molecule has 2 heterocycles. The Morgan fingerprint density at radius 2 is 1.92 bits per heavy atom. The third-order valence-corrected chi connectivity index (χ3v) is 4.56. The van der Waals surface area contributed by atoms with E-state index < -0.39 is 0 Å². The van der Waals surface area contributed by atoms with Crippen molar-refractivity contribution in [1.29, 1.82) is 0 Å². The Labute approximate surface area is 145 Å². The molecule has 6 heteroatoms. The molecular weight excluding hydrogens is 302 g/mol. The van der Waals surface area contributed by atoms with Crippen molar-refractivity contribution in [2.75, 3.05) is 64.8 Å². The van der Waals surface area contributed by atoms with Crippen LogP contribution in [-0.4, -0.2) is 80.6 Å². The lowest BCUT2D eigenvalue weighted by molar-refractivity contribution is 0.0933. The van der Waals surface area contributed by atoms with E-state index in [9.17, 15) is 4.79 Å². The zero-order valence-corrected chi connectivity index (χ0v) is 15.5. The summed E-state index contributed by atoms with van der Waals surface area (Å²) in [5.74, 6) is 1.25. The Kier molecular flexibility index (Phi) is 6.99. The van der Waals surface area contributed by atoms with Crippen LogP contribution in [0.3, 0.4) is 0 Å². The van der Waals surface area contributed by atoms with Crippen LogP contribution in [0.4, 0.5) is 5.82 Å². The van der Waals surface area contributed by atoms with Crippen molar-refractivity contribution in [3.05, 3.63) is 23.9 Å². The van der Waals surface area contributed by atoms with Crippen molar-refractivity contribution >= 4 is 11.7 Å². The monoisotopic (exact) mass is 333 g/mol. The molecule has 1 N–H and O–H groups in total. The molecule has 1 amide bonds. The number of hydrogen-bond donors (Lipinski definition) is 1. The predicted octanol–water partition coefficient (Wildman–Crippen LogP) is 1.15. The molecule has 1 aromatic heterocycles. The number of likely N-dealkylation sites (N-methyl/N-ethyl adjacent to an activating group) is 1. The van der Waals surface area contributed by atoms with Crippen molar-refractivity contribution in [1.82, 2.24) is 20.1 Å². The molecular formula is C18H31N5O. The normalized spacial score (nSPS) is 17.5. The third-order valence-electron chi connectivity index (χ3n) is 4.56. The summed E-state index contributed by atoms with van der Waals surface area (Å²) >= 11 is 0. The number of anilines is 1. The van der Waals surface area contributed by atoms with Crippen molar-refractivity contribution in [3.63, 3.8) is 0 Å². The van der Waals surface area contributed by atoms with E-state index in [-0.39, 0.29) is 5.91 Å². The van der Waals surface area contributed by atoms with Crippen LogP contribution >= 0.6 is 0 Å². The van der Waals surface area contributed by atoms with Crippen molar-refractivity contribution < 1.29 is 4.79 Å². The number of rotatable bonds is 7. The molecule has 0 radical (unpaired) electrons. The first-order valence-corrected chi connectivity index (χ1v) is 8.86. The Morgan fingerprint density at radius 3 is 2.46 bits per heavy atom. The van der Waals surface area contributed by atoms with E-state index in [1.54, 1.807) is 6.20 Å². The van der Waals surface area contributed by atoms with Gasteiger partial charge in [0.25, 0.3) is 5.91 Å². The highest BCUT2D eigenvalue weighted by Gasteiger charge is 2.17. The van der Waals surface area contributed by atoms with Crippen molar-refractivity contribution in [2.45, 2.75) is 13.8 Å². The minimum Gasteiger partial charge on any atom is -0.363 e. The molecule has 0 aromatic carbocycles. The number of hydrogen-bond acceptors (Lipinski definition) is 5. The number of pyridine rings is 1. The maximum absolute atomic E-state index is 12.2. The van der Waals surface area contributed by atoms with E-state index in [1.165, 1.54) is 0 Å². The molecule has 6 nitrogen and oxygen atoms in total. The van der Waals surface area contributed by atoms with Crippen LogP contribution in [0.2, 0.25) is 0 Å². The van der Waals surface area contributed by atoms with Gasteiger partial charge in [-0.25, -0.2) is 4.98 Å². The molecule has 0 bridgehead atoms. The minimum atomic E-state index is -0.0459. The summed E-state index contributed by atoms with van der Waals surface area (Å²) in [6, 6.07) is 3.69. The van der Waals surface area contributed by atoms with E-state index in [1.807, 2.05) is 31.1 Å². The number of aromatic nitrogens is 1. The average molecular weight is 333 g/mol. The predicted molar refractivity (Wildman–Crippen MR) is 98.6 cm³/mol. The second-order valence-corrected chi connectivity index (χ2v) is 6.85. The van der Waals surface area contributed by atoms with Crippen LogP contribution in [0.25, 0.3) is 0 Å². The van der Waals surface area contributed by atoms with Gasteiger partial charge in [-0.3, -0.25) is 4.79 Å². The molecule has 24 heavy (non-hydrogen) atoms. The number of amides is 1. The molecule has 1 aliphatic heterocycles. The summed E-state index contributed by atoms with van der Waals surface area (Å²) in [5.41, 5.74) is 0.615. The van der Waals surface area contributed by atoms with E-state index >= 15 is 0 Å². The first kappa shape index (κ1) is 18.7. The Balaban J connectivity index is 1.73. The highest BCUT2D eigenvalue weighted by Crippen LogP contribution is 2.08. The third kappa shape index (κ3) is 5.46. The summed E-state index contributed by atoms with van der Waals surface area (Å²) in [5, 5.41) is 3.03. The number of carbonyl (C=O) groups is 1. The molecule has 1 aliphatic rings. The van der Waals surface area contributed by atoms with Crippen LogP contribution in [-0.2, 0) is 0 Å². The van der Waals surface area contributed by atoms with Gasteiger partial charge in [0.05, 0.1) is 5.56 Å². The second kappa shape index (κ2) is 8.99. The first-order chi connectivity index (χ1) is 11.5. The molecule has 0 aliphatic carbocycles. The first-order valence-electron chi connectivity index (χ1n) is 8.86. The van der Waals surface area contributed by atoms with Gasteiger partial charge in [-0.05, 0) is 24.6 Å². The number of nitrogens with one attached hydrogen (secondary N) is 1. The van der Waals surface area contributed by atoms with Crippen molar-refractivity contribution in [3.8, 4) is 0 Å². The number of nitrogens with zero attached hydrogens (tertiary/aromatic N) is 4. The quantitative estimate of drug-likeness (QED) is 0.811. The maximum Gasteiger partial charge on any atom is 0.252 e. The molecule has 0 spiro atoms. The van der Waals surface area contributed by atoms with Gasteiger partial charge in [0, 0.05) is 59.6 Å². The molecule has 1 fully saturated rings. The fraction of sp³-hybridized carbons (Fsp3) is 0.667. The van der Waals surface area contributed by atoms with Crippen LogP contribution in [0, 0.1) is 5.92 Å². The summed E-state index contributed by atoms with van der Waals surface area (Å²) < 4.78 is 0. The average Bonchev–Trinajstić information content (AvgIpc) is 2.60. The van der Waals surface area contributed by atoms with Gasteiger partial charge in [-0.2, -0.15) is 0 Å². The lowest BCUT2D eigenvalue weighted by Gasteiger charge is -2.35. The van der Waals surface area contributed by atoms with Crippen LogP contribution in [0.15, 0.2) is 18.3 Å². The topological polar surface area (TPSA) is 51.7 Å². The van der Waals surface area contributed by atoms with E-state index in [0.717, 1.165) is 45.1 Å². The molecule has 2 rings (SSSR count).